The van der Waals surface area contributed by atoms with E-state index in [1.807, 2.05) is 0 Å². The molecule has 0 bridgehead atoms. The molecule has 0 fully saturated rings. The predicted molar refractivity (Wildman–Crippen MR) is 104 cm³/mol. The molecule has 3 aromatic rings. The third kappa shape index (κ3) is 5.20. The summed E-state index contributed by atoms with van der Waals surface area (Å²) in [5.41, 5.74) is 0.794. The summed E-state index contributed by atoms with van der Waals surface area (Å²) in [5.74, 6) is -0.540. The largest absolute Gasteiger partial charge is 0.416 e. The molecule has 3 rings (SSSR count). The van der Waals surface area contributed by atoms with Crippen LogP contribution in [-0.2, 0) is 12.7 Å². The first-order valence-corrected chi connectivity index (χ1v) is 8.71. The van der Waals surface area contributed by atoms with E-state index in [0.29, 0.717) is 16.9 Å². The summed E-state index contributed by atoms with van der Waals surface area (Å²) in [6.45, 7) is 0.166. The highest BCUT2D eigenvalue weighted by atomic mass is 35.5. The fourth-order valence-electron chi connectivity index (χ4n) is 2.41. The van der Waals surface area contributed by atoms with Crippen LogP contribution in [0, 0.1) is 5.82 Å². The summed E-state index contributed by atoms with van der Waals surface area (Å²) >= 11 is 10.9. The van der Waals surface area contributed by atoms with E-state index in [-0.39, 0.29) is 16.7 Å². The zero-order valence-electron chi connectivity index (χ0n) is 14.1. The van der Waals surface area contributed by atoms with Gasteiger partial charge in [-0.25, -0.2) is 4.39 Å². The number of nitrogens with zero attached hydrogens (tertiary/aromatic N) is 2. The molecule has 0 atom stereocenters. The number of benzene rings is 2. The number of nitrogens with one attached hydrogen (secondary N) is 2. The van der Waals surface area contributed by atoms with Gasteiger partial charge in [0.25, 0.3) is 0 Å². The van der Waals surface area contributed by atoms with Gasteiger partial charge in [0, 0.05) is 11.9 Å². The number of aromatic nitrogens is 2. The lowest BCUT2D eigenvalue weighted by Crippen LogP contribution is -2.18. The topological polar surface area (TPSA) is 41.9 Å². The molecule has 0 aliphatic carbocycles. The molecule has 0 radical (unpaired) electrons. The first-order valence-electron chi connectivity index (χ1n) is 7.92. The van der Waals surface area contributed by atoms with Crippen LogP contribution in [0.3, 0.4) is 0 Å². The van der Waals surface area contributed by atoms with Crippen molar-refractivity contribution in [2.75, 3.05) is 10.6 Å². The van der Waals surface area contributed by atoms with Gasteiger partial charge in [0.1, 0.15) is 5.82 Å². The fraction of sp³-hybridized carbons (Fsp3) is 0.111. The standard InChI is InChI=1S/C18H13ClF4N4S/c19-15-7-13(4-5-16(15)20)25-17(28)26-14-8-24-27(10-14)9-11-2-1-3-12(6-11)18(21,22)23/h1-8,10H,9H2,(H2,25,26,28). The normalized spacial score (nSPS) is 11.3. The molecule has 10 heteroatoms. The molecule has 2 N–H and O–H groups in total. The minimum Gasteiger partial charge on any atom is -0.332 e. The molecule has 0 spiro atoms. The maximum absolute atomic E-state index is 13.2. The van der Waals surface area contributed by atoms with Gasteiger partial charge in [0.05, 0.1) is 29.0 Å². The van der Waals surface area contributed by atoms with Gasteiger partial charge in [-0.15, -0.1) is 0 Å². The number of anilines is 2. The third-order valence-corrected chi connectivity index (χ3v) is 4.16. The number of thiocarbonyl (C=S) groups is 1. The van der Waals surface area contributed by atoms with Crippen molar-refractivity contribution >= 4 is 40.3 Å². The molecular weight excluding hydrogens is 416 g/mol. The average molecular weight is 429 g/mol. The van der Waals surface area contributed by atoms with E-state index in [0.717, 1.165) is 12.1 Å². The zero-order chi connectivity index (χ0) is 20.3. The van der Waals surface area contributed by atoms with Crippen molar-refractivity contribution in [1.82, 2.24) is 9.78 Å². The van der Waals surface area contributed by atoms with E-state index in [1.54, 1.807) is 12.3 Å². The van der Waals surface area contributed by atoms with Crippen LogP contribution in [0.4, 0.5) is 28.9 Å². The van der Waals surface area contributed by atoms with Gasteiger partial charge in [-0.3, -0.25) is 4.68 Å². The van der Waals surface area contributed by atoms with E-state index >= 15 is 0 Å². The highest BCUT2D eigenvalue weighted by Crippen LogP contribution is 2.29. The molecule has 0 aliphatic rings. The monoisotopic (exact) mass is 428 g/mol. The molecule has 0 amide bonds. The summed E-state index contributed by atoms with van der Waals surface area (Å²) in [4.78, 5) is 0. The molecule has 4 nitrogen and oxygen atoms in total. The number of hydrogen-bond donors (Lipinski definition) is 2. The van der Waals surface area contributed by atoms with Gasteiger partial charge in [-0.05, 0) is 48.1 Å². The van der Waals surface area contributed by atoms with Gasteiger partial charge >= 0.3 is 6.18 Å². The van der Waals surface area contributed by atoms with Crippen molar-refractivity contribution in [1.29, 1.82) is 0 Å². The molecule has 28 heavy (non-hydrogen) atoms. The third-order valence-electron chi connectivity index (χ3n) is 3.67. The Hall–Kier alpha value is -2.65. The average Bonchev–Trinajstić information content (AvgIpc) is 3.04. The number of halogens is 5. The minimum atomic E-state index is -4.39. The molecule has 2 aromatic carbocycles. The second kappa shape index (κ2) is 8.15. The Balaban J connectivity index is 1.62. The maximum atomic E-state index is 13.2. The molecule has 0 aliphatic heterocycles. The van der Waals surface area contributed by atoms with Crippen LogP contribution in [0.1, 0.15) is 11.1 Å². The summed E-state index contributed by atoms with van der Waals surface area (Å²) < 4.78 is 53.0. The maximum Gasteiger partial charge on any atom is 0.416 e. The summed E-state index contributed by atoms with van der Waals surface area (Å²) in [6.07, 6.45) is -1.31. The first-order chi connectivity index (χ1) is 13.2. The summed E-state index contributed by atoms with van der Waals surface area (Å²) in [5, 5.41) is 10.0. The Bertz CT molecular complexity index is 1000. The number of hydrogen-bond acceptors (Lipinski definition) is 2. The molecule has 0 unspecified atom stereocenters. The second-order valence-electron chi connectivity index (χ2n) is 5.83. The van der Waals surface area contributed by atoms with Crippen LogP contribution in [0.15, 0.2) is 54.9 Å². The molecule has 1 heterocycles. The van der Waals surface area contributed by atoms with Crippen LogP contribution in [-0.4, -0.2) is 14.9 Å². The highest BCUT2D eigenvalue weighted by Gasteiger charge is 2.30. The van der Waals surface area contributed by atoms with Crippen LogP contribution in [0.5, 0.6) is 0 Å². The zero-order valence-corrected chi connectivity index (χ0v) is 15.7. The van der Waals surface area contributed by atoms with Crippen molar-refractivity contribution in [2.45, 2.75) is 12.7 Å². The van der Waals surface area contributed by atoms with Crippen molar-refractivity contribution in [3.63, 3.8) is 0 Å². The summed E-state index contributed by atoms with van der Waals surface area (Å²) in [7, 11) is 0. The smallest absolute Gasteiger partial charge is 0.332 e. The van der Waals surface area contributed by atoms with Crippen LogP contribution in [0.2, 0.25) is 5.02 Å². The lowest BCUT2D eigenvalue weighted by atomic mass is 10.1. The van der Waals surface area contributed by atoms with Crippen molar-refractivity contribution in [3.8, 4) is 0 Å². The van der Waals surface area contributed by atoms with E-state index in [9.17, 15) is 17.6 Å². The van der Waals surface area contributed by atoms with Gasteiger partial charge in [-0.2, -0.15) is 18.3 Å². The quantitative estimate of drug-likeness (QED) is 0.422. The minimum absolute atomic E-state index is 0.0401. The number of rotatable bonds is 4. The molecule has 0 saturated carbocycles. The second-order valence-corrected chi connectivity index (χ2v) is 6.65. The van der Waals surface area contributed by atoms with Gasteiger partial charge in [0.15, 0.2) is 5.11 Å². The lowest BCUT2D eigenvalue weighted by Gasteiger charge is -2.10. The fourth-order valence-corrected chi connectivity index (χ4v) is 2.83. The molecular formula is C18H13ClF4N4S. The van der Waals surface area contributed by atoms with E-state index < -0.39 is 17.6 Å². The van der Waals surface area contributed by atoms with E-state index in [2.05, 4.69) is 15.7 Å². The molecule has 0 saturated heterocycles. The van der Waals surface area contributed by atoms with Gasteiger partial charge in [-0.1, -0.05) is 23.7 Å². The Kier molecular flexibility index (Phi) is 5.85. The van der Waals surface area contributed by atoms with Crippen LogP contribution >= 0.6 is 23.8 Å². The Morgan fingerprint density at radius 3 is 2.57 bits per heavy atom. The van der Waals surface area contributed by atoms with Crippen molar-refractivity contribution in [3.05, 3.63) is 76.8 Å². The molecule has 146 valence electrons. The van der Waals surface area contributed by atoms with Gasteiger partial charge < -0.3 is 10.6 Å². The lowest BCUT2D eigenvalue weighted by molar-refractivity contribution is -0.137. The SMILES string of the molecule is Fc1ccc(NC(=S)Nc2cnn(Cc3cccc(C(F)(F)F)c3)c2)cc1Cl. The Labute approximate surface area is 168 Å². The van der Waals surface area contributed by atoms with E-state index in [1.165, 1.54) is 35.1 Å². The van der Waals surface area contributed by atoms with Crippen molar-refractivity contribution < 1.29 is 17.6 Å². The highest BCUT2D eigenvalue weighted by molar-refractivity contribution is 7.80. The van der Waals surface area contributed by atoms with Crippen molar-refractivity contribution in [2.24, 2.45) is 0 Å². The Morgan fingerprint density at radius 2 is 1.86 bits per heavy atom. The summed E-state index contributed by atoms with van der Waals surface area (Å²) in [6, 6.07) is 9.13. The predicted octanol–water partition coefficient (Wildman–Crippen LogP) is 5.55. The van der Waals surface area contributed by atoms with Crippen LogP contribution in [0.25, 0.3) is 0 Å². The molecule has 1 aromatic heterocycles. The first kappa shape index (κ1) is 20.1. The number of alkyl halides is 3. The van der Waals surface area contributed by atoms with E-state index in [4.69, 9.17) is 23.8 Å². The Morgan fingerprint density at radius 1 is 1.11 bits per heavy atom. The van der Waals surface area contributed by atoms with Crippen LogP contribution < -0.4 is 10.6 Å². The van der Waals surface area contributed by atoms with Gasteiger partial charge in [0.2, 0.25) is 0 Å².